The van der Waals surface area contributed by atoms with Crippen LogP contribution in [0.1, 0.15) is 19.8 Å². The van der Waals surface area contributed by atoms with Crippen molar-refractivity contribution in [3.05, 3.63) is 32.8 Å². The molecule has 2 rings (SSSR count). The molecule has 1 unspecified atom stereocenters. The molecule has 18 heavy (non-hydrogen) atoms. The highest BCUT2D eigenvalue weighted by Gasteiger charge is 2.28. The number of nitro benzene ring substituents is 1. The Morgan fingerprint density at radius 1 is 1.56 bits per heavy atom. The summed E-state index contributed by atoms with van der Waals surface area (Å²) in [6.45, 7) is 3.91. The summed E-state index contributed by atoms with van der Waals surface area (Å²) in [5.41, 5.74) is 0.551. The lowest BCUT2D eigenvalue weighted by atomic mass is 9.92. The molecule has 0 radical (unpaired) electrons. The van der Waals surface area contributed by atoms with Gasteiger partial charge in [-0.15, -0.1) is 0 Å². The lowest BCUT2D eigenvalue weighted by molar-refractivity contribution is -0.384. The van der Waals surface area contributed by atoms with Crippen molar-refractivity contribution in [1.29, 1.82) is 0 Å². The highest BCUT2D eigenvalue weighted by molar-refractivity contribution is 9.10. The summed E-state index contributed by atoms with van der Waals surface area (Å²) >= 11 is 3.35. The molecule has 1 aliphatic rings. The van der Waals surface area contributed by atoms with E-state index in [9.17, 15) is 10.1 Å². The van der Waals surface area contributed by atoms with Crippen LogP contribution in [0.3, 0.4) is 0 Å². The van der Waals surface area contributed by atoms with Gasteiger partial charge in [-0.3, -0.25) is 10.1 Å². The summed E-state index contributed by atoms with van der Waals surface area (Å²) in [4.78, 5) is 10.7. The zero-order chi connectivity index (χ0) is 13.2. The molecule has 0 amide bonds. The standard InChI is InChI=1S/C12H16BrN3O2/c1-12(5-2-6-14-8-12)15-10-7-9(13)3-4-11(10)16(17)18/h3-4,7,14-15H,2,5-6,8H2,1H3. The van der Waals surface area contributed by atoms with Crippen LogP contribution < -0.4 is 10.6 Å². The largest absolute Gasteiger partial charge is 0.373 e. The summed E-state index contributed by atoms with van der Waals surface area (Å²) in [6, 6.07) is 4.97. The monoisotopic (exact) mass is 313 g/mol. The van der Waals surface area contributed by atoms with Crippen molar-refractivity contribution in [1.82, 2.24) is 5.32 Å². The Labute approximate surface area is 114 Å². The first-order chi connectivity index (χ1) is 8.50. The highest BCUT2D eigenvalue weighted by atomic mass is 79.9. The van der Waals surface area contributed by atoms with Gasteiger partial charge in [-0.05, 0) is 38.4 Å². The summed E-state index contributed by atoms with van der Waals surface area (Å²) < 4.78 is 0.836. The van der Waals surface area contributed by atoms with Crippen molar-refractivity contribution in [2.45, 2.75) is 25.3 Å². The van der Waals surface area contributed by atoms with E-state index in [-0.39, 0.29) is 16.1 Å². The topological polar surface area (TPSA) is 67.2 Å². The number of nitrogens with one attached hydrogen (secondary N) is 2. The average Bonchev–Trinajstić information content (AvgIpc) is 2.28. The number of anilines is 1. The van der Waals surface area contributed by atoms with Gasteiger partial charge in [-0.1, -0.05) is 15.9 Å². The maximum atomic E-state index is 11.0. The second-order valence-corrected chi connectivity index (χ2v) is 5.80. The Bertz CT molecular complexity index is 459. The Morgan fingerprint density at radius 3 is 2.94 bits per heavy atom. The Hall–Kier alpha value is -1.14. The second-order valence-electron chi connectivity index (χ2n) is 4.88. The Balaban J connectivity index is 2.26. The van der Waals surface area contributed by atoms with E-state index >= 15 is 0 Å². The molecule has 0 aromatic heterocycles. The number of nitrogens with zero attached hydrogens (tertiary/aromatic N) is 1. The molecule has 0 bridgehead atoms. The smallest absolute Gasteiger partial charge is 0.292 e. The SMILES string of the molecule is CC1(Nc2cc(Br)ccc2[N+](=O)[O-])CCCNC1. The summed E-state index contributed by atoms with van der Waals surface area (Å²) in [5, 5.41) is 17.6. The van der Waals surface area contributed by atoms with Gasteiger partial charge < -0.3 is 10.6 Å². The first-order valence-corrected chi connectivity index (χ1v) is 6.72. The van der Waals surface area contributed by atoms with Crippen LogP contribution in [0.4, 0.5) is 11.4 Å². The van der Waals surface area contributed by atoms with E-state index in [0.29, 0.717) is 5.69 Å². The third-order valence-electron chi connectivity index (χ3n) is 3.19. The van der Waals surface area contributed by atoms with E-state index < -0.39 is 0 Å². The number of hydrogen-bond acceptors (Lipinski definition) is 4. The van der Waals surface area contributed by atoms with Gasteiger partial charge in [0.1, 0.15) is 5.69 Å². The predicted molar refractivity (Wildman–Crippen MR) is 74.9 cm³/mol. The van der Waals surface area contributed by atoms with Crippen molar-refractivity contribution in [3.63, 3.8) is 0 Å². The van der Waals surface area contributed by atoms with Crippen LogP contribution in [0.2, 0.25) is 0 Å². The van der Waals surface area contributed by atoms with Crippen LogP contribution in [-0.4, -0.2) is 23.6 Å². The second kappa shape index (κ2) is 5.24. The van der Waals surface area contributed by atoms with Gasteiger partial charge in [0.15, 0.2) is 0 Å². The molecule has 1 heterocycles. The Kier molecular flexibility index (Phi) is 3.87. The first kappa shape index (κ1) is 13.3. The van der Waals surface area contributed by atoms with E-state index in [4.69, 9.17) is 0 Å². The normalized spacial score (nSPS) is 23.7. The fourth-order valence-electron chi connectivity index (χ4n) is 2.26. The zero-order valence-electron chi connectivity index (χ0n) is 10.2. The minimum atomic E-state index is -0.353. The van der Waals surface area contributed by atoms with E-state index in [2.05, 4.69) is 33.5 Å². The summed E-state index contributed by atoms with van der Waals surface area (Å²) in [5.74, 6) is 0. The third-order valence-corrected chi connectivity index (χ3v) is 3.68. The molecule has 0 spiro atoms. The van der Waals surface area contributed by atoms with Gasteiger partial charge in [-0.25, -0.2) is 0 Å². The first-order valence-electron chi connectivity index (χ1n) is 5.93. The molecule has 1 aromatic carbocycles. The van der Waals surface area contributed by atoms with E-state index in [1.165, 1.54) is 6.07 Å². The van der Waals surface area contributed by atoms with Gasteiger partial charge in [0.2, 0.25) is 0 Å². The lowest BCUT2D eigenvalue weighted by Crippen LogP contribution is -2.49. The number of rotatable bonds is 3. The molecule has 0 aliphatic carbocycles. The predicted octanol–water partition coefficient (Wildman–Crippen LogP) is 2.91. The van der Waals surface area contributed by atoms with E-state index in [1.54, 1.807) is 12.1 Å². The zero-order valence-corrected chi connectivity index (χ0v) is 11.8. The van der Waals surface area contributed by atoms with Gasteiger partial charge in [0, 0.05) is 22.6 Å². The minimum absolute atomic E-state index is 0.116. The third kappa shape index (κ3) is 3.00. The van der Waals surface area contributed by atoms with Crippen LogP contribution in [-0.2, 0) is 0 Å². The summed E-state index contributed by atoms with van der Waals surface area (Å²) in [7, 11) is 0. The van der Waals surface area contributed by atoms with Crippen LogP contribution in [0.25, 0.3) is 0 Å². The average molecular weight is 314 g/mol. The van der Waals surface area contributed by atoms with E-state index in [0.717, 1.165) is 30.4 Å². The van der Waals surface area contributed by atoms with Crippen molar-refractivity contribution in [2.24, 2.45) is 0 Å². The van der Waals surface area contributed by atoms with Crippen LogP contribution in [0.15, 0.2) is 22.7 Å². The molecule has 5 nitrogen and oxygen atoms in total. The molecule has 6 heteroatoms. The molecule has 1 atom stereocenters. The van der Waals surface area contributed by atoms with E-state index in [1.807, 2.05) is 0 Å². The minimum Gasteiger partial charge on any atom is -0.373 e. The van der Waals surface area contributed by atoms with Crippen molar-refractivity contribution in [3.8, 4) is 0 Å². The lowest BCUT2D eigenvalue weighted by Gasteiger charge is -2.35. The number of benzene rings is 1. The van der Waals surface area contributed by atoms with Gasteiger partial charge >= 0.3 is 0 Å². The van der Waals surface area contributed by atoms with Gasteiger partial charge in [0.05, 0.1) is 4.92 Å². The molecular formula is C12H16BrN3O2. The van der Waals surface area contributed by atoms with Crippen LogP contribution >= 0.6 is 15.9 Å². The molecule has 98 valence electrons. The fraction of sp³-hybridized carbons (Fsp3) is 0.500. The van der Waals surface area contributed by atoms with Crippen molar-refractivity contribution < 1.29 is 4.92 Å². The van der Waals surface area contributed by atoms with Gasteiger partial charge in [-0.2, -0.15) is 0 Å². The molecule has 0 saturated carbocycles. The molecule has 1 fully saturated rings. The van der Waals surface area contributed by atoms with Crippen molar-refractivity contribution in [2.75, 3.05) is 18.4 Å². The Morgan fingerprint density at radius 2 is 2.33 bits per heavy atom. The maximum absolute atomic E-state index is 11.0. The molecule has 1 saturated heterocycles. The number of nitro groups is 1. The molecular weight excluding hydrogens is 298 g/mol. The number of piperidine rings is 1. The van der Waals surface area contributed by atoms with Crippen LogP contribution in [0, 0.1) is 10.1 Å². The molecule has 1 aliphatic heterocycles. The fourth-order valence-corrected chi connectivity index (χ4v) is 2.62. The number of hydrogen-bond donors (Lipinski definition) is 2. The summed E-state index contributed by atoms with van der Waals surface area (Å²) in [6.07, 6.45) is 2.08. The molecule has 2 N–H and O–H groups in total. The highest BCUT2D eigenvalue weighted by Crippen LogP contribution is 2.31. The number of halogens is 1. The van der Waals surface area contributed by atoms with Crippen LogP contribution in [0.5, 0.6) is 0 Å². The quantitative estimate of drug-likeness (QED) is 0.665. The maximum Gasteiger partial charge on any atom is 0.292 e. The van der Waals surface area contributed by atoms with Gasteiger partial charge in [0.25, 0.3) is 5.69 Å². The van der Waals surface area contributed by atoms with Crippen molar-refractivity contribution >= 4 is 27.3 Å². The molecule has 1 aromatic rings.